The van der Waals surface area contributed by atoms with Crippen LogP contribution in [0.3, 0.4) is 0 Å². The van der Waals surface area contributed by atoms with E-state index in [1.807, 2.05) is 56.3 Å². The summed E-state index contributed by atoms with van der Waals surface area (Å²) in [6.07, 6.45) is -0.00219. The molecule has 1 aliphatic rings. The van der Waals surface area contributed by atoms with Crippen LogP contribution in [-0.4, -0.2) is 34.9 Å². The van der Waals surface area contributed by atoms with Crippen LogP contribution in [0.25, 0.3) is 11.0 Å². The number of aliphatic hydroxyl groups is 1. The quantitative estimate of drug-likeness (QED) is 0.300. The van der Waals surface area contributed by atoms with Gasteiger partial charge in [-0.05, 0) is 61.4 Å². The second kappa shape index (κ2) is 9.85. The van der Waals surface area contributed by atoms with Crippen molar-refractivity contribution in [2.75, 3.05) is 7.11 Å². The maximum Gasteiger partial charge on any atom is 0.290 e. The van der Waals surface area contributed by atoms with Gasteiger partial charge in [-0.3, -0.25) is 9.59 Å². The molecule has 3 aromatic carbocycles. The highest BCUT2D eigenvalue weighted by Gasteiger charge is 2.44. The maximum atomic E-state index is 13.7. The number of ketones is 1. The van der Waals surface area contributed by atoms with Crippen molar-refractivity contribution in [1.29, 1.82) is 0 Å². The zero-order chi connectivity index (χ0) is 26.1. The summed E-state index contributed by atoms with van der Waals surface area (Å²) in [4.78, 5) is 28.6. The number of carbonyl (C=O) groups is 2. The van der Waals surface area contributed by atoms with Crippen LogP contribution in [0.5, 0.6) is 11.5 Å². The topological polar surface area (TPSA) is 89.2 Å². The molecule has 0 fully saturated rings. The number of furan rings is 1. The lowest BCUT2D eigenvalue weighted by Gasteiger charge is -2.27. The van der Waals surface area contributed by atoms with Crippen LogP contribution in [0.4, 0.5) is 0 Å². The van der Waals surface area contributed by atoms with Crippen molar-refractivity contribution in [3.63, 3.8) is 0 Å². The summed E-state index contributed by atoms with van der Waals surface area (Å²) in [7, 11) is 1.57. The van der Waals surface area contributed by atoms with E-state index in [1.54, 1.807) is 43.5 Å². The number of carbonyl (C=O) groups excluding carboxylic acids is 2. The van der Waals surface area contributed by atoms with Crippen LogP contribution in [-0.2, 0) is 11.3 Å². The molecule has 0 spiro atoms. The second-order valence-corrected chi connectivity index (χ2v) is 9.16. The molecule has 0 bridgehead atoms. The first kappa shape index (κ1) is 24.2. The Labute approximate surface area is 214 Å². The van der Waals surface area contributed by atoms with E-state index in [0.717, 1.165) is 10.9 Å². The molecule has 0 aliphatic carbocycles. The van der Waals surface area contributed by atoms with E-state index >= 15 is 0 Å². The summed E-state index contributed by atoms with van der Waals surface area (Å²) in [5.41, 5.74) is 1.98. The van der Waals surface area contributed by atoms with E-state index in [2.05, 4.69) is 0 Å². The van der Waals surface area contributed by atoms with Crippen LogP contribution < -0.4 is 9.47 Å². The Morgan fingerprint density at radius 1 is 1.00 bits per heavy atom. The molecule has 1 aromatic heterocycles. The highest BCUT2D eigenvalue weighted by Crippen LogP contribution is 2.41. The van der Waals surface area contributed by atoms with Gasteiger partial charge in [0.1, 0.15) is 17.1 Å². The average molecular weight is 498 g/mol. The number of fused-ring (bicyclic) bond motifs is 1. The van der Waals surface area contributed by atoms with Gasteiger partial charge in [-0.2, -0.15) is 0 Å². The number of rotatable bonds is 8. The SMILES string of the molecule is COc1cccc(CN2C(=O)C(O)=C(C(=O)c3cc4ccccc4o3)C2c2ccc(OC(C)C)cc2)c1. The first-order chi connectivity index (χ1) is 17.9. The Hall–Kier alpha value is -4.52. The molecule has 5 rings (SSSR count). The lowest BCUT2D eigenvalue weighted by Crippen LogP contribution is -2.30. The Kier molecular flexibility index (Phi) is 6.44. The van der Waals surface area contributed by atoms with Gasteiger partial charge in [-0.15, -0.1) is 0 Å². The average Bonchev–Trinajstić information content (AvgIpc) is 3.44. The number of amides is 1. The predicted octanol–water partition coefficient (Wildman–Crippen LogP) is 6.01. The monoisotopic (exact) mass is 497 g/mol. The Morgan fingerprint density at radius 2 is 1.76 bits per heavy atom. The molecule has 0 saturated carbocycles. The minimum Gasteiger partial charge on any atom is -0.503 e. The Balaban J connectivity index is 1.57. The number of hydrogen-bond acceptors (Lipinski definition) is 6. The molecule has 1 aliphatic heterocycles. The third-order valence-corrected chi connectivity index (χ3v) is 6.25. The summed E-state index contributed by atoms with van der Waals surface area (Å²) in [5, 5.41) is 11.8. The van der Waals surface area contributed by atoms with E-state index in [0.29, 0.717) is 22.6 Å². The summed E-state index contributed by atoms with van der Waals surface area (Å²) in [5.74, 6) is -0.380. The second-order valence-electron chi connectivity index (χ2n) is 9.16. The number of aliphatic hydroxyl groups excluding tert-OH is 1. The van der Waals surface area contributed by atoms with Crippen molar-refractivity contribution in [3.05, 3.63) is 107 Å². The maximum absolute atomic E-state index is 13.7. The smallest absolute Gasteiger partial charge is 0.290 e. The van der Waals surface area contributed by atoms with Crippen molar-refractivity contribution in [3.8, 4) is 11.5 Å². The van der Waals surface area contributed by atoms with Gasteiger partial charge in [0.2, 0.25) is 5.78 Å². The molecule has 2 heterocycles. The van der Waals surface area contributed by atoms with Crippen molar-refractivity contribution >= 4 is 22.7 Å². The highest BCUT2D eigenvalue weighted by molar-refractivity contribution is 6.16. The van der Waals surface area contributed by atoms with E-state index in [4.69, 9.17) is 13.9 Å². The van der Waals surface area contributed by atoms with Crippen LogP contribution in [0.15, 0.2) is 94.6 Å². The first-order valence-corrected chi connectivity index (χ1v) is 12.0. The highest BCUT2D eigenvalue weighted by atomic mass is 16.5. The largest absolute Gasteiger partial charge is 0.503 e. The Morgan fingerprint density at radius 3 is 2.46 bits per heavy atom. The number of ether oxygens (including phenoxy) is 2. The van der Waals surface area contributed by atoms with Gasteiger partial charge >= 0.3 is 0 Å². The van der Waals surface area contributed by atoms with Gasteiger partial charge in [0, 0.05) is 11.9 Å². The van der Waals surface area contributed by atoms with E-state index in [-0.39, 0.29) is 24.0 Å². The molecule has 1 atom stereocenters. The molecule has 0 saturated heterocycles. The molecule has 0 radical (unpaired) electrons. The van der Waals surface area contributed by atoms with Crippen molar-refractivity contribution in [1.82, 2.24) is 4.90 Å². The van der Waals surface area contributed by atoms with Crippen LogP contribution in [0.2, 0.25) is 0 Å². The lowest BCUT2D eigenvalue weighted by molar-refractivity contribution is -0.130. The minimum atomic E-state index is -0.826. The lowest BCUT2D eigenvalue weighted by atomic mass is 9.94. The molecule has 7 nitrogen and oxygen atoms in total. The molecule has 1 unspecified atom stereocenters. The van der Waals surface area contributed by atoms with Gasteiger partial charge in [0.15, 0.2) is 11.5 Å². The van der Waals surface area contributed by atoms with E-state index in [9.17, 15) is 14.7 Å². The number of Topliss-reactive ketones (excluding diaryl/α,β-unsaturated/α-hetero) is 1. The third-order valence-electron chi connectivity index (χ3n) is 6.25. The fourth-order valence-electron chi connectivity index (χ4n) is 4.59. The van der Waals surface area contributed by atoms with Gasteiger partial charge in [0.25, 0.3) is 5.91 Å². The van der Waals surface area contributed by atoms with E-state index < -0.39 is 23.5 Å². The fourth-order valence-corrected chi connectivity index (χ4v) is 4.59. The van der Waals surface area contributed by atoms with Crippen molar-refractivity contribution < 1.29 is 28.6 Å². The molecular formula is C30H27NO6. The molecular weight excluding hydrogens is 470 g/mol. The molecule has 7 heteroatoms. The molecule has 37 heavy (non-hydrogen) atoms. The number of hydrogen-bond donors (Lipinski definition) is 1. The van der Waals surface area contributed by atoms with Crippen LogP contribution in [0, 0.1) is 0 Å². The molecule has 188 valence electrons. The predicted molar refractivity (Wildman–Crippen MR) is 139 cm³/mol. The fraction of sp³-hybridized carbons (Fsp3) is 0.200. The normalized spacial score (nSPS) is 15.6. The van der Waals surface area contributed by atoms with Crippen molar-refractivity contribution in [2.45, 2.75) is 32.5 Å². The molecule has 1 amide bonds. The number of methoxy groups -OCH3 is 1. The van der Waals surface area contributed by atoms with Crippen molar-refractivity contribution in [2.24, 2.45) is 0 Å². The standard InChI is InChI=1S/C30H27NO6/c1-18(2)36-22-13-11-20(12-14-22)27-26(28(32)25-16-21-8-4-5-10-24(21)37-25)29(33)30(34)31(27)17-19-7-6-9-23(15-19)35-3/h4-16,18,27,33H,17H2,1-3H3. The van der Waals surface area contributed by atoms with Gasteiger partial charge in [-0.25, -0.2) is 0 Å². The van der Waals surface area contributed by atoms with Gasteiger partial charge in [-0.1, -0.05) is 42.5 Å². The minimum absolute atomic E-state index is 0.00219. The Bertz CT molecular complexity index is 1470. The summed E-state index contributed by atoms with van der Waals surface area (Å²) >= 11 is 0. The zero-order valence-electron chi connectivity index (χ0n) is 20.8. The molecule has 1 N–H and O–H groups in total. The number of benzene rings is 3. The van der Waals surface area contributed by atoms with Crippen LogP contribution >= 0.6 is 0 Å². The van der Waals surface area contributed by atoms with E-state index in [1.165, 1.54) is 4.90 Å². The zero-order valence-corrected chi connectivity index (χ0v) is 20.8. The van der Waals surface area contributed by atoms with Gasteiger partial charge in [0.05, 0.1) is 24.8 Å². The first-order valence-electron chi connectivity index (χ1n) is 12.0. The molecule has 4 aromatic rings. The van der Waals surface area contributed by atoms with Gasteiger partial charge < -0.3 is 23.9 Å². The number of nitrogens with zero attached hydrogens (tertiary/aromatic N) is 1. The summed E-state index contributed by atoms with van der Waals surface area (Å²) in [6, 6.07) is 22.6. The van der Waals surface area contributed by atoms with Crippen LogP contribution in [0.1, 0.15) is 41.6 Å². The summed E-state index contributed by atoms with van der Waals surface area (Å²) < 4.78 is 16.9. The third kappa shape index (κ3) is 4.68. The summed E-state index contributed by atoms with van der Waals surface area (Å²) in [6.45, 7) is 4.03. The number of para-hydroxylation sites is 1.